The average molecular weight is 511 g/mol. The minimum Gasteiger partial charge on any atom is -0.484 e. The van der Waals surface area contributed by atoms with Crippen LogP contribution in [0.1, 0.15) is 6.23 Å². The predicted octanol–water partition coefficient (Wildman–Crippen LogP) is -0.480. The Bertz CT molecular complexity index is 1300. The molecule has 1 amide bonds. The van der Waals surface area contributed by atoms with Crippen molar-refractivity contribution < 1.29 is 43.0 Å². The number of aromatic nitrogens is 4. The number of benzene rings is 1. The molecule has 1 fully saturated rings. The maximum absolute atomic E-state index is 12.3. The lowest BCUT2D eigenvalue weighted by molar-refractivity contribution is -0.118. The molecule has 1 aliphatic heterocycles. The van der Waals surface area contributed by atoms with Crippen LogP contribution >= 0.6 is 7.82 Å². The van der Waals surface area contributed by atoms with Gasteiger partial charge in [0.25, 0.3) is 5.91 Å². The number of fused-ring (bicyclic) bond motifs is 1. The van der Waals surface area contributed by atoms with Gasteiger partial charge in [-0.15, -0.1) is 0 Å². The molecule has 5 atom stereocenters. The van der Waals surface area contributed by atoms with Crippen molar-refractivity contribution >= 4 is 30.7 Å². The molecule has 3 heterocycles. The first-order chi connectivity index (χ1) is 16.7. The summed E-state index contributed by atoms with van der Waals surface area (Å²) >= 11 is 0. The molecule has 1 aliphatic rings. The molecule has 0 bridgehead atoms. The van der Waals surface area contributed by atoms with Crippen molar-refractivity contribution in [2.45, 2.75) is 24.5 Å². The molecule has 1 aromatic carbocycles. The number of aliphatic hydroxyl groups is 2. The Morgan fingerprint density at radius 2 is 2.03 bits per heavy atom. The molecule has 0 saturated carbocycles. The summed E-state index contributed by atoms with van der Waals surface area (Å²) in [5, 5.41) is 23.2. The van der Waals surface area contributed by atoms with Gasteiger partial charge in [-0.3, -0.25) is 23.4 Å². The standard InChI is InChI=1S/C19H22N5O10P/c1-31-35(29,30)33-7-11-14(26)15(27)18(34-11)24-9-20-13-16(22-19(28)23-17(13)24)21-12(25)8-32-10-5-3-2-4-6-10/h2-6,9,11,14-15,18,26-27H,7-8H2,1H3,(H,29,30)(H2,21,22,23,25,28). The van der Waals surface area contributed by atoms with Gasteiger partial charge in [-0.2, -0.15) is 4.98 Å². The van der Waals surface area contributed by atoms with Crippen LogP contribution in [0.4, 0.5) is 5.82 Å². The van der Waals surface area contributed by atoms with Crippen LogP contribution in [0.3, 0.4) is 0 Å². The summed E-state index contributed by atoms with van der Waals surface area (Å²) in [6.45, 7) is -0.912. The average Bonchev–Trinajstić information content (AvgIpc) is 3.38. The number of nitrogens with one attached hydrogen (secondary N) is 2. The number of anilines is 1. The number of phosphoric acid groups is 1. The van der Waals surface area contributed by atoms with E-state index < -0.39 is 50.6 Å². The number of carbonyl (C=O) groups is 1. The number of hydrogen-bond acceptors (Lipinski definition) is 11. The van der Waals surface area contributed by atoms with Crippen molar-refractivity contribution in [3.8, 4) is 5.75 Å². The quantitative estimate of drug-likeness (QED) is 0.231. The van der Waals surface area contributed by atoms with Gasteiger partial charge in [0.05, 0.1) is 12.9 Å². The number of phosphoric ester groups is 1. The van der Waals surface area contributed by atoms with Crippen LogP contribution < -0.4 is 15.7 Å². The molecule has 0 radical (unpaired) electrons. The molecule has 16 heteroatoms. The Kier molecular flexibility index (Phi) is 7.28. The van der Waals surface area contributed by atoms with Crippen LogP contribution in [0.2, 0.25) is 0 Å². The highest BCUT2D eigenvalue weighted by molar-refractivity contribution is 7.47. The monoisotopic (exact) mass is 511 g/mol. The summed E-state index contributed by atoms with van der Waals surface area (Å²) in [6, 6.07) is 8.64. The zero-order valence-electron chi connectivity index (χ0n) is 18.2. The molecule has 35 heavy (non-hydrogen) atoms. The number of carbonyl (C=O) groups excluding carboxylic acids is 1. The van der Waals surface area contributed by atoms with Gasteiger partial charge in [-0.25, -0.2) is 14.3 Å². The van der Waals surface area contributed by atoms with E-state index >= 15 is 0 Å². The lowest BCUT2D eigenvalue weighted by atomic mass is 10.1. The van der Waals surface area contributed by atoms with Gasteiger partial charge in [-0.05, 0) is 12.1 Å². The van der Waals surface area contributed by atoms with E-state index in [-0.39, 0.29) is 23.6 Å². The molecular weight excluding hydrogens is 489 g/mol. The highest BCUT2D eigenvalue weighted by Crippen LogP contribution is 2.43. The van der Waals surface area contributed by atoms with Crippen molar-refractivity contribution in [3.63, 3.8) is 0 Å². The van der Waals surface area contributed by atoms with Crippen LogP contribution in [-0.2, 0) is 23.1 Å². The molecule has 4 rings (SSSR count). The minimum absolute atomic E-state index is 0.0597. The Morgan fingerprint density at radius 3 is 2.74 bits per heavy atom. The van der Waals surface area contributed by atoms with Crippen LogP contribution in [-0.4, -0.2) is 79.2 Å². The number of para-hydroxylation sites is 1. The molecule has 5 N–H and O–H groups in total. The largest absolute Gasteiger partial charge is 0.484 e. The third-order valence-corrected chi connectivity index (χ3v) is 6.00. The Labute approximate surface area is 196 Å². The smallest absolute Gasteiger partial charge is 0.472 e. The van der Waals surface area contributed by atoms with E-state index in [1.54, 1.807) is 30.3 Å². The van der Waals surface area contributed by atoms with Crippen molar-refractivity contribution in [2.75, 3.05) is 25.6 Å². The summed E-state index contributed by atoms with van der Waals surface area (Å²) in [5.74, 6) is -0.162. The zero-order chi connectivity index (χ0) is 25.2. The predicted molar refractivity (Wildman–Crippen MR) is 117 cm³/mol. The van der Waals surface area contributed by atoms with E-state index in [9.17, 15) is 29.3 Å². The first-order valence-corrected chi connectivity index (χ1v) is 11.7. The minimum atomic E-state index is -4.34. The van der Waals surface area contributed by atoms with Crippen molar-refractivity contribution in [1.82, 2.24) is 19.5 Å². The summed E-state index contributed by atoms with van der Waals surface area (Å²) < 4.78 is 32.7. The molecular formula is C19H22N5O10P. The second kappa shape index (κ2) is 10.2. The number of imidazole rings is 1. The van der Waals surface area contributed by atoms with Crippen LogP contribution in [0.5, 0.6) is 5.75 Å². The van der Waals surface area contributed by atoms with E-state index in [0.29, 0.717) is 5.75 Å². The number of nitrogens with zero attached hydrogens (tertiary/aromatic N) is 3. The van der Waals surface area contributed by atoms with Crippen LogP contribution in [0.25, 0.3) is 11.2 Å². The number of aromatic amines is 1. The van der Waals surface area contributed by atoms with Gasteiger partial charge in [0.15, 0.2) is 18.5 Å². The number of amides is 1. The fourth-order valence-electron chi connectivity index (χ4n) is 3.37. The highest BCUT2D eigenvalue weighted by Gasteiger charge is 2.45. The first-order valence-electron chi connectivity index (χ1n) is 10.2. The zero-order valence-corrected chi connectivity index (χ0v) is 19.1. The SMILES string of the molecule is COP(=O)(O)OCC1OC(n2cnc3c(NC(=O)COc4ccccc4)[nH]c(=O)nc32)C(O)C1O. The fraction of sp³-hybridized carbons (Fsp3) is 0.368. The molecule has 3 aromatic rings. The lowest BCUT2D eigenvalue weighted by Crippen LogP contribution is -2.33. The van der Waals surface area contributed by atoms with E-state index in [1.165, 1.54) is 10.9 Å². The first kappa shape index (κ1) is 24.9. The number of rotatable bonds is 9. The van der Waals surface area contributed by atoms with Crippen molar-refractivity contribution in [1.29, 1.82) is 0 Å². The van der Waals surface area contributed by atoms with Gasteiger partial charge in [0, 0.05) is 7.11 Å². The van der Waals surface area contributed by atoms with E-state index in [4.69, 9.17) is 14.0 Å². The normalized spacial score (nSPS) is 23.8. The Morgan fingerprint density at radius 1 is 1.29 bits per heavy atom. The van der Waals surface area contributed by atoms with Crippen molar-refractivity contribution in [2.24, 2.45) is 0 Å². The number of H-pyrrole nitrogens is 1. The van der Waals surface area contributed by atoms with E-state index in [0.717, 1.165) is 7.11 Å². The lowest BCUT2D eigenvalue weighted by Gasteiger charge is -2.17. The second-order valence-electron chi connectivity index (χ2n) is 7.38. The molecule has 5 unspecified atom stereocenters. The highest BCUT2D eigenvalue weighted by atomic mass is 31.2. The van der Waals surface area contributed by atoms with Crippen molar-refractivity contribution in [3.05, 3.63) is 47.1 Å². The maximum Gasteiger partial charge on any atom is 0.472 e. The molecule has 1 saturated heterocycles. The second-order valence-corrected chi connectivity index (χ2v) is 8.94. The van der Waals surface area contributed by atoms with E-state index in [1.807, 2.05) is 0 Å². The molecule has 15 nitrogen and oxygen atoms in total. The van der Waals surface area contributed by atoms with Crippen LogP contribution in [0.15, 0.2) is 41.5 Å². The number of ether oxygens (including phenoxy) is 2. The number of aliphatic hydroxyl groups excluding tert-OH is 2. The maximum atomic E-state index is 12.3. The van der Waals surface area contributed by atoms with Crippen LogP contribution in [0, 0.1) is 0 Å². The molecule has 0 spiro atoms. The van der Waals surface area contributed by atoms with Gasteiger partial charge in [-0.1, -0.05) is 18.2 Å². The molecule has 2 aromatic heterocycles. The van der Waals surface area contributed by atoms with E-state index in [2.05, 4.69) is 24.8 Å². The molecule has 0 aliphatic carbocycles. The topological polar surface area (TPSA) is 207 Å². The number of hydrogen-bond donors (Lipinski definition) is 5. The van der Waals surface area contributed by atoms with Gasteiger partial charge in [0.1, 0.15) is 35.4 Å². The van der Waals surface area contributed by atoms with Gasteiger partial charge < -0.3 is 29.9 Å². The summed E-state index contributed by atoms with van der Waals surface area (Å²) in [7, 11) is -3.38. The summed E-state index contributed by atoms with van der Waals surface area (Å²) in [6.07, 6.45) is -4.33. The summed E-state index contributed by atoms with van der Waals surface area (Å²) in [4.78, 5) is 44.2. The third-order valence-electron chi connectivity index (χ3n) is 5.07. The molecule has 188 valence electrons. The Hall–Kier alpha value is -3.17. The fourth-order valence-corrected chi connectivity index (χ4v) is 3.81. The van der Waals surface area contributed by atoms with Gasteiger partial charge in [0.2, 0.25) is 0 Å². The van der Waals surface area contributed by atoms with Gasteiger partial charge >= 0.3 is 13.5 Å². The Balaban J connectivity index is 1.52. The third kappa shape index (κ3) is 5.57. The summed E-state index contributed by atoms with van der Waals surface area (Å²) in [5.41, 5.74) is -0.815.